The Balaban J connectivity index is 2.03. The van der Waals surface area contributed by atoms with Crippen LogP contribution in [0.4, 0.5) is 0 Å². The first-order valence-electron chi connectivity index (χ1n) is 4.19. The first-order chi connectivity index (χ1) is 5.77. The number of amides is 2. The highest BCUT2D eigenvalue weighted by Crippen LogP contribution is 2.27. The molecule has 0 aliphatic carbocycles. The van der Waals surface area contributed by atoms with Crippen molar-refractivity contribution in [1.29, 1.82) is 0 Å². The first kappa shape index (κ1) is 7.73. The summed E-state index contributed by atoms with van der Waals surface area (Å²) in [7, 11) is 0. The largest absolute Gasteiger partial charge is 0.381 e. The minimum Gasteiger partial charge on any atom is -0.381 e. The Kier molecular flexibility index (Phi) is 1.84. The van der Waals surface area contributed by atoms with E-state index in [0.717, 1.165) is 13.0 Å². The number of carbonyl (C=O) groups excluding carboxylic acids is 2. The molecule has 66 valence electrons. The van der Waals surface area contributed by atoms with E-state index in [1.54, 1.807) is 0 Å². The van der Waals surface area contributed by atoms with E-state index in [4.69, 9.17) is 4.74 Å². The van der Waals surface area contributed by atoms with Gasteiger partial charge in [-0.15, -0.1) is 0 Å². The second kappa shape index (κ2) is 2.86. The lowest BCUT2D eigenvalue weighted by Crippen LogP contribution is -2.26. The van der Waals surface area contributed by atoms with E-state index in [0.29, 0.717) is 13.0 Å². The molecule has 2 saturated heterocycles. The Morgan fingerprint density at radius 2 is 2.25 bits per heavy atom. The summed E-state index contributed by atoms with van der Waals surface area (Å²) in [6.45, 7) is 1.36. The molecule has 2 amide bonds. The minimum atomic E-state index is -0.142. The highest BCUT2D eigenvalue weighted by molar-refractivity contribution is 6.03. The average Bonchev–Trinajstić information content (AvgIpc) is 2.58. The molecule has 2 heterocycles. The van der Waals surface area contributed by atoms with Crippen molar-refractivity contribution in [2.24, 2.45) is 11.8 Å². The highest BCUT2D eigenvalue weighted by atomic mass is 16.5. The van der Waals surface area contributed by atoms with Gasteiger partial charge in [-0.2, -0.15) is 0 Å². The Bertz CT molecular complexity index is 220. The second-order valence-corrected chi connectivity index (χ2v) is 3.35. The van der Waals surface area contributed by atoms with Crippen molar-refractivity contribution in [1.82, 2.24) is 5.32 Å². The van der Waals surface area contributed by atoms with Crippen LogP contribution in [0.5, 0.6) is 0 Å². The fraction of sp³-hybridized carbons (Fsp3) is 0.750. The topological polar surface area (TPSA) is 55.4 Å². The molecule has 2 atom stereocenters. The molecule has 0 saturated carbocycles. The lowest BCUT2D eigenvalue weighted by atomic mass is 9.90. The quantitative estimate of drug-likeness (QED) is 0.547. The Hall–Kier alpha value is -0.900. The number of nitrogens with one attached hydrogen (secondary N) is 1. The summed E-state index contributed by atoms with van der Waals surface area (Å²) >= 11 is 0. The summed E-state index contributed by atoms with van der Waals surface area (Å²) in [6, 6.07) is 0. The van der Waals surface area contributed by atoms with E-state index in [-0.39, 0.29) is 23.7 Å². The van der Waals surface area contributed by atoms with Crippen molar-refractivity contribution in [3.05, 3.63) is 0 Å². The monoisotopic (exact) mass is 169 g/mol. The van der Waals surface area contributed by atoms with E-state index in [1.807, 2.05) is 0 Å². The van der Waals surface area contributed by atoms with Crippen LogP contribution in [0, 0.1) is 11.8 Å². The number of hydrogen-bond donors (Lipinski definition) is 1. The van der Waals surface area contributed by atoms with Crippen LogP contribution >= 0.6 is 0 Å². The second-order valence-electron chi connectivity index (χ2n) is 3.35. The van der Waals surface area contributed by atoms with Crippen LogP contribution in [0.2, 0.25) is 0 Å². The number of rotatable bonds is 1. The minimum absolute atomic E-state index is 0.115. The summed E-state index contributed by atoms with van der Waals surface area (Å²) in [6.07, 6.45) is 1.26. The van der Waals surface area contributed by atoms with Gasteiger partial charge in [0.2, 0.25) is 11.8 Å². The van der Waals surface area contributed by atoms with Gasteiger partial charge < -0.3 is 4.74 Å². The molecule has 2 aliphatic heterocycles. The van der Waals surface area contributed by atoms with Crippen molar-refractivity contribution >= 4 is 11.8 Å². The summed E-state index contributed by atoms with van der Waals surface area (Å²) in [5.41, 5.74) is 0. The van der Waals surface area contributed by atoms with Gasteiger partial charge >= 0.3 is 0 Å². The molecule has 12 heavy (non-hydrogen) atoms. The third-order valence-corrected chi connectivity index (χ3v) is 2.54. The Labute approximate surface area is 70.3 Å². The first-order valence-corrected chi connectivity index (χ1v) is 4.19. The van der Waals surface area contributed by atoms with Crippen molar-refractivity contribution in [3.8, 4) is 0 Å². The molecule has 0 aromatic carbocycles. The van der Waals surface area contributed by atoms with E-state index in [1.165, 1.54) is 0 Å². The standard InChI is InChI=1S/C8H11NO3/c10-7-3-6(8(11)9-7)5-1-2-12-4-5/h5-6H,1-4H2,(H,9,10,11)/t5-,6?/m1/s1. The summed E-state index contributed by atoms with van der Waals surface area (Å²) in [5.74, 6) is -0.121. The summed E-state index contributed by atoms with van der Waals surface area (Å²) in [4.78, 5) is 22.0. The number of hydrogen-bond acceptors (Lipinski definition) is 3. The maximum absolute atomic E-state index is 11.2. The van der Waals surface area contributed by atoms with E-state index < -0.39 is 0 Å². The normalized spacial score (nSPS) is 35.7. The third kappa shape index (κ3) is 1.22. The van der Waals surface area contributed by atoms with Crippen LogP contribution < -0.4 is 5.32 Å². The van der Waals surface area contributed by atoms with Gasteiger partial charge in [0.1, 0.15) is 0 Å². The van der Waals surface area contributed by atoms with Gasteiger partial charge in [-0.25, -0.2) is 0 Å². The predicted molar refractivity (Wildman–Crippen MR) is 40.2 cm³/mol. The number of ether oxygens (including phenoxy) is 1. The third-order valence-electron chi connectivity index (χ3n) is 2.54. The molecule has 4 heteroatoms. The van der Waals surface area contributed by atoms with E-state index in [9.17, 15) is 9.59 Å². The molecule has 1 N–H and O–H groups in total. The van der Waals surface area contributed by atoms with E-state index in [2.05, 4.69) is 5.32 Å². The lowest BCUT2D eigenvalue weighted by Gasteiger charge is -2.11. The van der Waals surface area contributed by atoms with Crippen molar-refractivity contribution in [2.75, 3.05) is 13.2 Å². The van der Waals surface area contributed by atoms with Gasteiger partial charge in [0.25, 0.3) is 0 Å². The fourth-order valence-electron chi connectivity index (χ4n) is 1.82. The smallest absolute Gasteiger partial charge is 0.230 e. The molecule has 0 aromatic heterocycles. The zero-order chi connectivity index (χ0) is 8.55. The molecule has 0 spiro atoms. The number of carbonyl (C=O) groups is 2. The average molecular weight is 169 g/mol. The van der Waals surface area contributed by atoms with Crippen LogP contribution in [-0.4, -0.2) is 25.0 Å². The summed E-state index contributed by atoms with van der Waals surface area (Å²) in [5, 5.41) is 2.31. The van der Waals surface area contributed by atoms with Crippen molar-refractivity contribution in [2.45, 2.75) is 12.8 Å². The highest BCUT2D eigenvalue weighted by Gasteiger charge is 2.38. The Morgan fingerprint density at radius 1 is 1.42 bits per heavy atom. The molecule has 0 radical (unpaired) electrons. The van der Waals surface area contributed by atoms with Crippen LogP contribution in [0.3, 0.4) is 0 Å². The molecular weight excluding hydrogens is 158 g/mol. The summed E-state index contributed by atoms with van der Waals surface area (Å²) < 4.78 is 5.16. The van der Waals surface area contributed by atoms with Crippen molar-refractivity contribution in [3.63, 3.8) is 0 Å². The van der Waals surface area contributed by atoms with Gasteiger partial charge in [-0.1, -0.05) is 0 Å². The zero-order valence-corrected chi connectivity index (χ0v) is 6.71. The SMILES string of the molecule is O=C1CC([C@@H]2CCOC2)C(=O)N1. The van der Waals surface area contributed by atoms with Crippen LogP contribution in [0.1, 0.15) is 12.8 Å². The molecule has 1 unspecified atom stereocenters. The fourth-order valence-corrected chi connectivity index (χ4v) is 1.82. The molecule has 2 aliphatic rings. The lowest BCUT2D eigenvalue weighted by molar-refractivity contribution is -0.126. The molecule has 2 rings (SSSR count). The van der Waals surface area contributed by atoms with Crippen LogP contribution in [0.25, 0.3) is 0 Å². The maximum Gasteiger partial charge on any atom is 0.230 e. The van der Waals surface area contributed by atoms with Crippen LogP contribution in [0.15, 0.2) is 0 Å². The van der Waals surface area contributed by atoms with Gasteiger partial charge in [0, 0.05) is 13.0 Å². The molecular formula is C8H11NO3. The predicted octanol–water partition coefficient (Wildman–Crippen LogP) is -0.314. The van der Waals surface area contributed by atoms with Gasteiger partial charge in [0.05, 0.1) is 12.5 Å². The van der Waals surface area contributed by atoms with E-state index >= 15 is 0 Å². The molecule has 2 fully saturated rings. The van der Waals surface area contributed by atoms with Crippen molar-refractivity contribution < 1.29 is 14.3 Å². The molecule has 0 aromatic rings. The van der Waals surface area contributed by atoms with Gasteiger partial charge in [0.15, 0.2) is 0 Å². The van der Waals surface area contributed by atoms with Crippen LogP contribution in [-0.2, 0) is 14.3 Å². The van der Waals surface area contributed by atoms with Gasteiger partial charge in [-0.3, -0.25) is 14.9 Å². The molecule has 4 nitrogen and oxygen atoms in total. The maximum atomic E-state index is 11.2. The number of imide groups is 1. The molecule has 0 bridgehead atoms. The zero-order valence-electron chi connectivity index (χ0n) is 6.71. The van der Waals surface area contributed by atoms with Gasteiger partial charge in [-0.05, 0) is 12.3 Å². The Morgan fingerprint density at radius 3 is 2.75 bits per heavy atom.